The van der Waals surface area contributed by atoms with Gasteiger partial charge in [-0.15, -0.1) is 0 Å². The number of benzene rings is 1. The fourth-order valence-electron chi connectivity index (χ4n) is 1.85. The first-order valence-corrected chi connectivity index (χ1v) is 8.82. The van der Waals surface area contributed by atoms with E-state index in [1.54, 1.807) is 13.2 Å². The lowest BCUT2D eigenvalue weighted by Crippen LogP contribution is -2.17. The summed E-state index contributed by atoms with van der Waals surface area (Å²) >= 11 is 9.73. The van der Waals surface area contributed by atoms with Crippen molar-refractivity contribution < 1.29 is 14.3 Å². The Hall–Kier alpha value is -1.05. The van der Waals surface area contributed by atoms with Gasteiger partial charge in [0.05, 0.1) is 23.1 Å². The average molecular weight is 402 g/mol. The van der Waals surface area contributed by atoms with Gasteiger partial charge in [0.2, 0.25) is 0 Å². The van der Waals surface area contributed by atoms with Crippen molar-refractivity contribution in [1.82, 2.24) is 5.32 Å². The van der Waals surface area contributed by atoms with Crippen molar-refractivity contribution in [2.75, 3.05) is 13.7 Å². The number of carbonyl (C=O) groups is 1. The monoisotopic (exact) mass is 401 g/mol. The summed E-state index contributed by atoms with van der Waals surface area (Å²) in [4.78, 5) is 12.3. The van der Waals surface area contributed by atoms with Gasteiger partial charge in [0.25, 0.3) is 5.91 Å². The van der Waals surface area contributed by atoms with E-state index in [9.17, 15) is 4.79 Å². The average Bonchev–Trinajstić information content (AvgIpc) is 2.78. The van der Waals surface area contributed by atoms with Gasteiger partial charge in [0, 0.05) is 0 Å². The van der Waals surface area contributed by atoms with Crippen molar-refractivity contribution >= 4 is 56.2 Å². The van der Waals surface area contributed by atoms with E-state index in [1.165, 1.54) is 11.8 Å². The summed E-state index contributed by atoms with van der Waals surface area (Å²) in [6, 6.07) is 3.74. The number of unbranched alkanes of at least 4 members (excludes halogenated alkanes) is 1. The third-order valence-corrected chi connectivity index (χ3v) is 4.69. The number of methoxy groups -OCH3 is 1. The summed E-state index contributed by atoms with van der Waals surface area (Å²) in [6.45, 7) is 2.75. The molecule has 0 spiro atoms. The first-order valence-electron chi connectivity index (χ1n) is 6.80. The SMILES string of the molecule is CCCCOc1c(Br)cc(/C=C2\SC(=S)NC2=O)cc1OC. The van der Waals surface area contributed by atoms with E-state index >= 15 is 0 Å². The van der Waals surface area contributed by atoms with Gasteiger partial charge in [-0.2, -0.15) is 0 Å². The molecule has 1 aromatic carbocycles. The molecule has 4 nitrogen and oxygen atoms in total. The molecule has 118 valence electrons. The Kier molecular flexibility index (Phi) is 6.28. The number of hydrogen-bond donors (Lipinski definition) is 1. The molecule has 2 rings (SSSR count). The van der Waals surface area contributed by atoms with Crippen molar-refractivity contribution in [3.05, 3.63) is 27.1 Å². The lowest BCUT2D eigenvalue weighted by Gasteiger charge is -2.13. The summed E-state index contributed by atoms with van der Waals surface area (Å²) in [5.41, 5.74) is 0.842. The first kappa shape index (κ1) is 17.3. The van der Waals surface area contributed by atoms with Crippen LogP contribution in [-0.4, -0.2) is 23.9 Å². The number of thiocarbonyl (C=S) groups is 1. The standard InChI is InChI=1S/C15H16BrNO3S2/c1-3-4-5-20-13-10(16)6-9(7-11(13)19-2)8-12-14(18)17-15(21)22-12/h6-8H,3-5H2,1-2H3,(H,17,18,21)/b12-8-. The zero-order chi connectivity index (χ0) is 16.1. The summed E-state index contributed by atoms with van der Waals surface area (Å²) < 4.78 is 12.4. The number of nitrogens with one attached hydrogen (secondary N) is 1. The Labute approximate surface area is 147 Å². The molecule has 0 saturated carbocycles. The molecule has 1 heterocycles. The van der Waals surface area contributed by atoms with Gasteiger partial charge >= 0.3 is 0 Å². The number of halogens is 1. The van der Waals surface area contributed by atoms with Crippen LogP contribution in [0.5, 0.6) is 11.5 Å². The second-order valence-electron chi connectivity index (χ2n) is 4.59. The summed E-state index contributed by atoms with van der Waals surface area (Å²) in [5.74, 6) is 1.13. The minimum atomic E-state index is -0.173. The van der Waals surface area contributed by atoms with Gasteiger partial charge in [-0.1, -0.05) is 37.3 Å². The predicted molar refractivity (Wildman–Crippen MR) is 97.4 cm³/mol. The van der Waals surface area contributed by atoms with E-state index in [-0.39, 0.29) is 5.91 Å². The summed E-state index contributed by atoms with van der Waals surface area (Å²) in [5, 5.41) is 2.60. The largest absolute Gasteiger partial charge is 0.493 e. The highest BCUT2D eigenvalue weighted by atomic mass is 79.9. The molecule has 7 heteroatoms. The molecule has 0 unspecified atom stereocenters. The normalized spacial score (nSPS) is 16.0. The molecule has 0 aliphatic carbocycles. The Morgan fingerprint density at radius 1 is 1.45 bits per heavy atom. The molecular weight excluding hydrogens is 386 g/mol. The molecule has 1 N–H and O–H groups in total. The third kappa shape index (κ3) is 4.24. The van der Waals surface area contributed by atoms with Gasteiger partial charge in [-0.25, -0.2) is 0 Å². The van der Waals surface area contributed by atoms with Crippen LogP contribution in [0.2, 0.25) is 0 Å². The first-order chi connectivity index (χ1) is 10.5. The van der Waals surface area contributed by atoms with Crippen LogP contribution >= 0.6 is 39.9 Å². The van der Waals surface area contributed by atoms with E-state index < -0.39 is 0 Å². The maximum atomic E-state index is 11.7. The molecular formula is C15H16BrNO3S2. The molecule has 1 fully saturated rings. The molecule has 0 radical (unpaired) electrons. The number of rotatable bonds is 6. The zero-order valence-electron chi connectivity index (χ0n) is 12.3. The van der Waals surface area contributed by atoms with Crippen LogP contribution in [0.25, 0.3) is 6.08 Å². The smallest absolute Gasteiger partial charge is 0.263 e. The van der Waals surface area contributed by atoms with Crippen LogP contribution in [0.15, 0.2) is 21.5 Å². The maximum Gasteiger partial charge on any atom is 0.263 e. The minimum absolute atomic E-state index is 0.173. The molecule has 0 aromatic heterocycles. The number of hydrogen-bond acceptors (Lipinski definition) is 5. The van der Waals surface area contributed by atoms with Crippen LogP contribution in [-0.2, 0) is 4.79 Å². The molecule has 1 aliphatic rings. The van der Waals surface area contributed by atoms with Crippen molar-refractivity contribution in [2.24, 2.45) is 0 Å². The Balaban J connectivity index is 2.27. The summed E-state index contributed by atoms with van der Waals surface area (Å²) in [6.07, 6.45) is 3.83. The molecule has 0 atom stereocenters. The van der Waals surface area contributed by atoms with Crippen molar-refractivity contribution in [3.8, 4) is 11.5 Å². The van der Waals surface area contributed by atoms with Crippen LogP contribution in [0.4, 0.5) is 0 Å². The minimum Gasteiger partial charge on any atom is -0.493 e. The number of carbonyl (C=O) groups excluding carboxylic acids is 1. The Morgan fingerprint density at radius 2 is 2.23 bits per heavy atom. The Bertz CT molecular complexity index is 631. The highest BCUT2D eigenvalue weighted by Gasteiger charge is 2.22. The van der Waals surface area contributed by atoms with E-state index in [4.69, 9.17) is 21.7 Å². The molecule has 1 aliphatic heterocycles. The van der Waals surface area contributed by atoms with Crippen molar-refractivity contribution in [3.63, 3.8) is 0 Å². The second kappa shape index (κ2) is 7.99. The lowest BCUT2D eigenvalue weighted by molar-refractivity contribution is -0.115. The van der Waals surface area contributed by atoms with E-state index in [0.29, 0.717) is 27.3 Å². The highest BCUT2D eigenvalue weighted by Crippen LogP contribution is 2.38. The molecule has 1 amide bonds. The van der Waals surface area contributed by atoms with Crippen molar-refractivity contribution in [2.45, 2.75) is 19.8 Å². The van der Waals surface area contributed by atoms with Gasteiger partial charge < -0.3 is 14.8 Å². The highest BCUT2D eigenvalue weighted by molar-refractivity contribution is 9.10. The lowest BCUT2D eigenvalue weighted by atomic mass is 10.2. The quantitative estimate of drug-likeness (QED) is 0.441. The zero-order valence-corrected chi connectivity index (χ0v) is 15.5. The topological polar surface area (TPSA) is 47.6 Å². The van der Waals surface area contributed by atoms with E-state index in [0.717, 1.165) is 22.9 Å². The van der Waals surface area contributed by atoms with Gasteiger partial charge in [0.15, 0.2) is 11.5 Å². The third-order valence-electron chi connectivity index (χ3n) is 2.94. The van der Waals surface area contributed by atoms with Crippen LogP contribution < -0.4 is 14.8 Å². The molecule has 1 aromatic rings. The Morgan fingerprint density at radius 3 is 2.82 bits per heavy atom. The fraction of sp³-hybridized carbons (Fsp3) is 0.333. The maximum absolute atomic E-state index is 11.7. The molecule has 0 bridgehead atoms. The number of ether oxygens (including phenoxy) is 2. The van der Waals surface area contributed by atoms with Crippen LogP contribution in [0, 0.1) is 0 Å². The van der Waals surface area contributed by atoms with Gasteiger partial charge in [-0.05, 0) is 46.1 Å². The predicted octanol–water partition coefficient (Wildman–Crippen LogP) is 4.13. The van der Waals surface area contributed by atoms with Crippen molar-refractivity contribution in [1.29, 1.82) is 0 Å². The van der Waals surface area contributed by atoms with Gasteiger partial charge in [-0.3, -0.25) is 4.79 Å². The molecule has 1 saturated heterocycles. The number of amides is 1. The van der Waals surface area contributed by atoms with Crippen LogP contribution in [0.1, 0.15) is 25.3 Å². The fourth-order valence-corrected chi connectivity index (χ4v) is 3.47. The number of thioether (sulfide) groups is 1. The summed E-state index contributed by atoms with van der Waals surface area (Å²) in [7, 11) is 1.59. The van der Waals surface area contributed by atoms with Gasteiger partial charge in [0.1, 0.15) is 4.32 Å². The second-order valence-corrected chi connectivity index (χ2v) is 7.16. The molecule has 22 heavy (non-hydrogen) atoms. The van der Waals surface area contributed by atoms with E-state index in [1.807, 2.05) is 12.1 Å². The van der Waals surface area contributed by atoms with Crippen LogP contribution in [0.3, 0.4) is 0 Å². The van der Waals surface area contributed by atoms with E-state index in [2.05, 4.69) is 28.2 Å².